The van der Waals surface area contributed by atoms with Gasteiger partial charge in [-0.2, -0.15) is 0 Å². The number of rotatable bonds is 6. The van der Waals surface area contributed by atoms with E-state index in [1.807, 2.05) is 26.0 Å². The van der Waals surface area contributed by atoms with Gasteiger partial charge >= 0.3 is 0 Å². The van der Waals surface area contributed by atoms with E-state index in [1.54, 1.807) is 6.08 Å². The van der Waals surface area contributed by atoms with Crippen LogP contribution >= 0.6 is 12.4 Å². The van der Waals surface area contributed by atoms with E-state index in [1.165, 1.54) is 0 Å². The van der Waals surface area contributed by atoms with Gasteiger partial charge in [0.2, 0.25) is 18.3 Å². The third-order valence-corrected chi connectivity index (χ3v) is 8.23. The van der Waals surface area contributed by atoms with Crippen molar-refractivity contribution in [2.24, 2.45) is 53.3 Å². The van der Waals surface area contributed by atoms with Crippen LogP contribution in [0.1, 0.15) is 60.8 Å². The van der Waals surface area contributed by atoms with Gasteiger partial charge in [0.15, 0.2) is 0 Å². The van der Waals surface area contributed by atoms with E-state index < -0.39 is 4.92 Å². The summed E-state index contributed by atoms with van der Waals surface area (Å²) in [5.41, 5.74) is 0. The minimum absolute atomic E-state index is 0. The second kappa shape index (κ2) is 16.5. The van der Waals surface area contributed by atoms with E-state index in [9.17, 15) is 30.3 Å². The van der Waals surface area contributed by atoms with Crippen molar-refractivity contribution in [3.05, 3.63) is 91.2 Å². The Balaban J connectivity index is 0.000000280. The molecule has 2 fully saturated rings. The molecule has 0 amide bonds. The fourth-order valence-electron chi connectivity index (χ4n) is 6.67. The van der Waals surface area contributed by atoms with Gasteiger partial charge in [0.1, 0.15) is 0 Å². The van der Waals surface area contributed by atoms with Crippen LogP contribution in [0.25, 0.3) is 0 Å². The lowest BCUT2D eigenvalue weighted by molar-refractivity contribution is -0.537. The van der Waals surface area contributed by atoms with Crippen LogP contribution in [0.2, 0.25) is 0 Å². The van der Waals surface area contributed by atoms with Gasteiger partial charge in [-0.15, -0.1) is 12.4 Å². The molecular formula is C30H46ClN3O6. The molecule has 5 aliphatic rings. The normalized spacial score (nSPS) is 31.5. The van der Waals surface area contributed by atoms with E-state index in [4.69, 9.17) is 0 Å². The molecule has 0 aromatic carbocycles. The van der Waals surface area contributed by atoms with E-state index in [-0.39, 0.29) is 63.9 Å². The molecule has 40 heavy (non-hydrogen) atoms. The van der Waals surface area contributed by atoms with Crippen LogP contribution in [0.4, 0.5) is 0 Å². The minimum Gasteiger partial charge on any atom is -0.264 e. The summed E-state index contributed by atoms with van der Waals surface area (Å²) in [7, 11) is 0. The first kappa shape index (κ1) is 35.2. The quantitative estimate of drug-likeness (QED) is 0.181. The van der Waals surface area contributed by atoms with Crippen LogP contribution in [0.5, 0.6) is 0 Å². The molecule has 0 aromatic heterocycles. The predicted molar refractivity (Wildman–Crippen MR) is 161 cm³/mol. The largest absolute Gasteiger partial charge is 0.264 e. The summed E-state index contributed by atoms with van der Waals surface area (Å²) < 4.78 is 0. The Morgan fingerprint density at radius 3 is 1.25 bits per heavy atom. The van der Waals surface area contributed by atoms with Crippen LogP contribution in [-0.4, -0.2) is 26.9 Å². The van der Waals surface area contributed by atoms with E-state index in [2.05, 4.69) is 64.2 Å². The highest BCUT2D eigenvalue weighted by Gasteiger charge is 2.53. The Bertz CT molecular complexity index is 939. The summed E-state index contributed by atoms with van der Waals surface area (Å²) >= 11 is 0. The molecule has 0 unspecified atom stereocenters. The molecule has 0 N–H and O–H groups in total. The van der Waals surface area contributed by atoms with Gasteiger partial charge in [0.25, 0.3) is 0 Å². The highest BCUT2D eigenvalue weighted by Crippen LogP contribution is 2.48. The number of hydrogen-bond donors (Lipinski definition) is 0. The molecule has 10 heteroatoms. The first-order valence-electron chi connectivity index (χ1n) is 14.1. The molecule has 0 saturated heterocycles. The molecule has 8 atom stereocenters. The average molecular weight is 580 g/mol. The molecule has 9 nitrogen and oxygen atoms in total. The SMILES string of the molecule is C1=CCC=C1.CC(C)/C=C/[N+](=O)[O-].CC(C)[C@H]1[C@H]([N+](=O)[O-])[C@@H]2C=C[C@H]1C2.CC(C)[C@H]1[C@H]([N+](=O)[O-])[C@@H]2C=C[C@H]1C2.Cl. The summed E-state index contributed by atoms with van der Waals surface area (Å²) in [6, 6.07) is -0.620. The summed E-state index contributed by atoms with van der Waals surface area (Å²) in [6.45, 7) is 12.1. The minimum atomic E-state index is -0.458. The Morgan fingerprint density at radius 2 is 1.05 bits per heavy atom. The summed E-state index contributed by atoms with van der Waals surface area (Å²) in [5, 5.41) is 31.4. The number of nitrogens with zero attached hydrogens (tertiary/aromatic N) is 3. The van der Waals surface area contributed by atoms with Crippen molar-refractivity contribution in [1.82, 2.24) is 0 Å². The van der Waals surface area contributed by atoms with Crippen molar-refractivity contribution in [2.45, 2.75) is 72.9 Å². The van der Waals surface area contributed by atoms with E-state index >= 15 is 0 Å². The maximum atomic E-state index is 10.9. The van der Waals surface area contributed by atoms with Crippen molar-refractivity contribution < 1.29 is 14.8 Å². The zero-order valence-electron chi connectivity index (χ0n) is 24.4. The van der Waals surface area contributed by atoms with Crippen LogP contribution in [0.3, 0.4) is 0 Å². The monoisotopic (exact) mass is 579 g/mol. The number of hydrogen-bond acceptors (Lipinski definition) is 6. The third-order valence-electron chi connectivity index (χ3n) is 8.23. The smallest absolute Gasteiger partial charge is 0.230 e. The molecule has 4 bridgehead atoms. The highest BCUT2D eigenvalue weighted by molar-refractivity contribution is 5.85. The van der Waals surface area contributed by atoms with Crippen LogP contribution in [0.15, 0.2) is 60.9 Å². The van der Waals surface area contributed by atoms with Gasteiger partial charge in [-0.25, -0.2) is 0 Å². The maximum absolute atomic E-state index is 10.9. The van der Waals surface area contributed by atoms with Crippen LogP contribution in [-0.2, 0) is 0 Å². The van der Waals surface area contributed by atoms with Crippen molar-refractivity contribution >= 4 is 12.4 Å². The first-order chi connectivity index (χ1) is 18.3. The average Bonchev–Trinajstić information content (AvgIpc) is 3.69. The van der Waals surface area contributed by atoms with Gasteiger partial charge in [-0.3, -0.25) is 30.3 Å². The van der Waals surface area contributed by atoms with Crippen molar-refractivity contribution in [3.8, 4) is 0 Å². The summed E-state index contributed by atoms with van der Waals surface area (Å²) in [4.78, 5) is 30.8. The molecule has 0 radical (unpaired) electrons. The van der Waals surface area contributed by atoms with Crippen molar-refractivity contribution in [1.29, 1.82) is 0 Å². The highest BCUT2D eigenvalue weighted by atomic mass is 35.5. The molecule has 0 spiro atoms. The Labute approximate surface area is 244 Å². The molecule has 224 valence electrons. The summed E-state index contributed by atoms with van der Waals surface area (Å²) in [5.74, 6) is 3.03. The molecule has 0 heterocycles. The van der Waals surface area contributed by atoms with Gasteiger partial charge in [-0.1, -0.05) is 90.2 Å². The lowest BCUT2D eigenvalue weighted by Crippen LogP contribution is -2.35. The van der Waals surface area contributed by atoms with Gasteiger partial charge < -0.3 is 0 Å². The lowest BCUT2D eigenvalue weighted by atomic mass is 9.81. The molecule has 5 aliphatic carbocycles. The zero-order chi connectivity index (χ0) is 29.3. The number of halogens is 1. The van der Waals surface area contributed by atoms with Gasteiger partial charge in [0.05, 0.1) is 4.92 Å². The van der Waals surface area contributed by atoms with Gasteiger partial charge in [0, 0.05) is 33.5 Å². The lowest BCUT2D eigenvalue weighted by Gasteiger charge is -2.24. The van der Waals surface area contributed by atoms with Gasteiger partial charge in [-0.05, 0) is 54.9 Å². The zero-order valence-corrected chi connectivity index (χ0v) is 25.3. The van der Waals surface area contributed by atoms with E-state index in [0.29, 0.717) is 23.7 Å². The third kappa shape index (κ3) is 9.68. The van der Waals surface area contributed by atoms with Crippen LogP contribution in [0, 0.1) is 83.6 Å². The predicted octanol–water partition coefficient (Wildman–Crippen LogP) is 7.58. The number of allylic oxidation sites excluding steroid dienone is 7. The molecular weight excluding hydrogens is 534 g/mol. The molecule has 2 saturated carbocycles. The Hall–Kier alpha value is -2.81. The topological polar surface area (TPSA) is 129 Å². The number of nitro groups is 3. The van der Waals surface area contributed by atoms with Crippen molar-refractivity contribution in [3.63, 3.8) is 0 Å². The molecule has 0 aromatic rings. The second-order valence-corrected chi connectivity index (χ2v) is 12.1. The fraction of sp³-hybridized carbons (Fsp3) is 0.667. The number of fused-ring (bicyclic) bond motifs is 4. The Morgan fingerprint density at radius 1 is 0.675 bits per heavy atom. The first-order valence-corrected chi connectivity index (χ1v) is 14.1. The second-order valence-electron chi connectivity index (χ2n) is 12.1. The summed E-state index contributed by atoms with van der Waals surface area (Å²) in [6.07, 6.45) is 22.5. The fourth-order valence-corrected chi connectivity index (χ4v) is 6.67. The Kier molecular flexibility index (Phi) is 14.5. The molecule has 0 aliphatic heterocycles. The van der Waals surface area contributed by atoms with Crippen LogP contribution < -0.4 is 0 Å². The van der Waals surface area contributed by atoms with Crippen molar-refractivity contribution in [2.75, 3.05) is 0 Å². The van der Waals surface area contributed by atoms with E-state index in [0.717, 1.165) is 25.5 Å². The standard InChI is InChI=1S/2C10H15NO2.C5H9NO2.C5H6.ClH/c2*1-6(2)9-7-3-4-8(5-7)10(9)11(12)13;1-5(2)3-4-6(7)8;1-2-4-5-3-1;/h2*3-4,6-10H,5H2,1-2H3;3-5H,1-2H3;1-4H,5H2;1H/b;;4-3+;;/t2*7-,8+,9+,10+;;;/m00.../s1. The maximum Gasteiger partial charge on any atom is 0.230 e. The molecule has 5 rings (SSSR count).